The van der Waals surface area contributed by atoms with Crippen molar-refractivity contribution in [3.8, 4) is 11.5 Å². The minimum Gasteiger partial charge on any atom is -0.456 e. The smallest absolute Gasteiger partial charge is 0.146 e. The highest BCUT2D eigenvalue weighted by atomic mass is 19.1. The van der Waals surface area contributed by atoms with E-state index in [1.165, 1.54) is 18.9 Å². The highest BCUT2D eigenvalue weighted by Gasteiger charge is 2.19. The van der Waals surface area contributed by atoms with Crippen LogP contribution in [0.4, 0.5) is 4.39 Å². The Morgan fingerprint density at radius 2 is 2.10 bits per heavy atom. The average Bonchev–Trinajstić information content (AvgIpc) is 3.25. The van der Waals surface area contributed by atoms with Crippen LogP contribution in [0.1, 0.15) is 24.0 Å². The van der Waals surface area contributed by atoms with Gasteiger partial charge in [0, 0.05) is 24.8 Å². The monoisotopic (exact) mass is 272 g/mol. The third kappa shape index (κ3) is 3.33. The molecule has 0 bridgehead atoms. The number of ether oxygens (including phenoxy) is 1. The maximum absolute atomic E-state index is 13.5. The van der Waals surface area contributed by atoms with Gasteiger partial charge in [-0.25, -0.2) is 4.39 Å². The molecule has 1 aromatic heterocycles. The second-order valence-electron chi connectivity index (χ2n) is 5.20. The summed E-state index contributed by atoms with van der Waals surface area (Å²) in [5.41, 5.74) is 1.68. The predicted octanol–water partition coefficient (Wildman–Crippen LogP) is 3.57. The lowest BCUT2D eigenvalue weighted by Gasteiger charge is -2.08. The van der Waals surface area contributed by atoms with Crippen molar-refractivity contribution in [2.75, 3.05) is 0 Å². The highest BCUT2D eigenvalue weighted by molar-refractivity contribution is 5.33. The minimum absolute atomic E-state index is 0.262. The summed E-state index contributed by atoms with van der Waals surface area (Å²) >= 11 is 0. The van der Waals surface area contributed by atoms with Crippen LogP contribution in [0.5, 0.6) is 11.5 Å². The minimum atomic E-state index is -0.262. The maximum Gasteiger partial charge on any atom is 0.146 e. The zero-order valence-corrected chi connectivity index (χ0v) is 11.4. The van der Waals surface area contributed by atoms with Gasteiger partial charge in [-0.15, -0.1) is 0 Å². The number of halogens is 1. The first-order valence-electron chi connectivity index (χ1n) is 6.82. The van der Waals surface area contributed by atoms with Crippen LogP contribution < -0.4 is 10.1 Å². The van der Waals surface area contributed by atoms with Gasteiger partial charge in [0.15, 0.2) is 0 Å². The van der Waals surface area contributed by atoms with Crippen LogP contribution in [0.2, 0.25) is 0 Å². The summed E-state index contributed by atoms with van der Waals surface area (Å²) in [7, 11) is 0. The Kier molecular flexibility index (Phi) is 3.65. The molecule has 20 heavy (non-hydrogen) atoms. The van der Waals surface area contributed by atoms with Gasteiger partial charge in [-0.1, -0.05) is 6.07 Å². The summed E-state index contributed by atoms with van der Waals surface area (Å²) in [6.07, 6.45) is 5.97. The van der Waals surface area contributed by atoms with Crippen LogP contribution in [-0.2, 0) is 6.54 Å². The van der Waals surface area contributed by atoms with Crippen molar-refractivity contribution in [3.63, 3.8) is 0 Å². The summed E-state index contributed by atoms with van der Waals surface area (Å²) in [5.74, 6) is 0.854. The summed E-state index contributed by atoms with van der Waals surface area (Å²) in [5, 5.41) is 3.42. The van der Waals surface area contributed by atoms with Gasteiger partial charge in [-0.3, -0.25) is 4.98 Å². The van der Waals surface area contributed by atoms with E-state index in [4.69, 9.17) is 4.74 Å². The molecule has 0 unspecified atom stereocenters. The van der Waals surface area contributed by atoms with Crippen LogP contribution in [0.3, 0.4) is 0 Å². The second-order valence-corrected chi connectivity index (χ2v) is 5.20. The Bertz CT molecular complexity index is 611. The van der Waals surface area contributed by atoms with Gasteiger partial charge in [0.1, 0.15) is 17.3 Å². The van der Waals surface area contributed by atoms with Crippen molar-refractivity contribution in [1.29, 1.82) is 0 Å². The Balaban J connectivity index is 1.69. The molecule has 1 aliphatic rings. The molecule has 1 saturated carbocycles. The number of hydrogen-bond acceptors (Lipinski definition) is 3. The molecule has 4 heteroatoms. The maximum atomic E-state index is 13.5. The summed E-state index contributed by atoms with van der Waals surface area (Å²) in [6.45, 7) is 2.52. The number of pyridine rings is 1. The molecule has 1 aromatic carbocycles. The molecule has 2 aromatic rings. The van der Waals surface area contributed by atoms with Crippen LogP contribution in [-0.4, -0.2) is 11.0 Å². The molecule has 0 saturated heterocycles. The lowest BCUT2D eigenvalue weighted by Crippen LogP contribution is -2.15. The molecule has 0 atom stereocenters. The van der Waals surface area contributed by atoms with Crippen molar-refractivity contribution in [2.24, 2.45) is 0 Å². The van der Waals surface area contributed by atoms with Gasteiger partial charge in [0.2, 0.25) is 0 Å². The number of hydrogen-bond donors (Lipinski definition) is 1. The van der Waals surface area contributed by atoms with Crippen molar-refractivity contribution < 1.29 is 9.13 Å². The lowest BCUT2D eigenvalue weighted by molar-refractivity contribution is 0.472. The Labute approximate surface area is 117 Å². The SMILES string of the molecule is Cc1ccc(Oc2cncc(CNC3CC3)c2)cc1F. The fourth-order valence-corrected chi connectivity index (χ4v) is 1.94. The molecule has 0 amide bonds. The van der Waals surface area contributed by atoms with E-state index < -0.39 is 0 Å². The standard InChI is InChI=1S/C16H17FN2O/c1-11-2-5-14(7-16(11)17)20-15-6-12(8-18-10-15)9-19-13-3-4-13/h2,5-8,10,13,19H,3-4,9H2,1H3. The van der Waals surface area contributed by atoms with Crippen LogP contribution in [0, 0.1) is 12.7 Å². The summed E-state index contributed by atoms with van der Waals surface area (Å²) in [4.78, 5) is 4.16. The molecule has 104 valence electrons. The van der Waals surface area contributed by atoms with E-state index in [9.17, 15) is 4.39 Å². The van der Waals surface area contributed by atoms with Gasteiger partial charge < -0.3 is 10.1 Å². The molecular formula is C16H17FN2O. The van der Waals surface area contributed by atoms with Crippen molar-refractivity contribution >= 4 is 0 Å². The number of nitrogens with one attached hydrogen (secondary N) is 1. The molecular weight excluding hydrogens is 255 g/mol. The fraction of sp³-hybridized carbons (Fsp3) is 0.312. The number of benzene rings is 1. The van der Waals surface area contributed by atoms with Crippen molar-refractivity contribution in [3.05, 3.63) is 53.6 Å². The van der Waals surface area contributed by atoms with E-state index in [-0.39, 0.29) is 5.82 Å². The van der Waals surface area contributed by atoms with E-state index in [0.29, 0.717) is 23.1 Å². The predicted molar refractivity (Wildman–Crippen MR) is 75.3 cm³/mol. The van der Waals surface area contributed by atoms with E-state index in [0.717, 1.165) is 12.1 Å². The Hall–Kier alpha value is -1.94. The number of aromatic nitrogens is 1. The molecule has 1 fully saturated rings. The highest BCUT2D eigenvalue weighted by Crippen LogP contribution is 2.24. The van der Waals surface area contributed by atoms with E-state index >= 15 is 0 Å². The van der Waals surface area contributed by atoms with Gasteiger partial charge >= 0.3 is 0 Å². The molecule has 0 spiro atoms. The molecule has 3 nitrogen and oxygen atoms in total. The number of nitrogens with zero attached hydrogens (tertiary/aromatic N) is 1. The topological polar surface area (TPSA) is 34.1 Å². The lowest BCUT2D eigenvalue weighted by atomic mass is 10.2. The van der Waals surface area contributed by atoms with Crippen LogP contribution in [0.25, 0.3) is 0 Å². The van der Waals surface area contributed by atoms with Gasteiger partial charge in [0.25, 0.3) is 0 Å². The van der Waals surface area contributed by atoms with Crippen LogP contribution in [0.15, 0.2) is 36.7 Å². The number of aryl methyl sites for hydroxylation is 1. The van der Waals surface area contributed by atoms with Crippen LogP contribution >= 0.6 is 0 Å². The van der Waals surface area contributed by atoms with Gasteiger partial charge in [-0.2, -0.15) is 0 Å². The van der Waals surface area contributed by atoms with E-state index in [1.807, 2.05) is 12.3 Å². The molecule has 1 heterocycles. The Morgan fingerprint density at radius 3 is 2.85 bits per heavy atom. The fourth-order valence-electron chi connectivity index (χ4n) is 1.94. The van der Waals surface area contributed by atoms with Crippen molar-refractivity contribution in [1.82, 2.24) is 10.3 Å². The average molecular weight is 272 g/mol. The third-order valence-electron chi connectivity index (χ3n) is 3.32. The van der Waals surface area contributed by atoms with Gasteiger partial charge in [-0.05, 0) is 43.0 Å². The molecule has 3 rings (SSSR count). The summed E-state index contributed by atoms with van der Waals surface area (Å²) in [6, 6.07) is 7.44. The zero-order valence-electron chi connectivity index (χ0n) is 11.4. The molecule has 0 radical (unpaired) electrons. The summed E-state index contributed by atoms with van der Waals surface area (Å²) < 4.78 is 19.1. The Morgan fingerprint density at radius 1 is 1.25 bits per heavy atom. The normalized spacial score (nSPS) is 14.3. The first-order valence-corrected chi connectivity index (χ1v) is 6.82. The second kappa shape index (κ2) is 5.59. The molecule has 1 N–H and O–H groups in total. The van der Waals surface area contributed by atoms with E-state index in [2.05, 4.69) is 10.3 Å². The number of rotatable bonds is 5. The largest absolute Gasteiger partial charge is 0.456 e. The zero-order chi connectivity index (χ0) is 13.9. The molecule has 1 aliphatic carbocycles. The van der Waals surface area contributed by atoms with Gasteiger partial charge in [0.05, 0.1) is 6.20 Å². The molecule has 0 aliphatic heterocycles. The third-order valence-corrected chi connectivity index (χ3v) is 3.32. The van der Waals surface area contributed by atoms with E-state index in [1.54, 1.807) is 25.3 Å². The first-order chi connectivity index (χ1) is 9.70. The quantitative estimate of drug-likeness (QED) is 0.903. The van der Waals surface area contributed by atoms with Crippen molar-refractivity contribution in [2.45, 2.75) is 32.4 Å². The first kappa shape index (κ1) is 13.1.